The van der Waals surface area contributed by atoms with Crippen LogP contribution in [0.25, 0.3) is 0 Å². The number of aromatic nitrogens is 3. The van der Waals surface area contributed by atoms with Crippen LogP contribution in [0.5, 0.6) is 5.88 Å². The summed E-state index contributed by atoms with van der Waals surface area (Å²) in [7, 11) is 1.48. The molecule has 0 fully saturated rings. The standard InChI is InChI=1S/C11H10N4O2/c1-17-9-5-4-8(14-15-9)10(16)7-3-2-6-13-11(7)12/h2-6H,1H3,(H2,12,13). The molecule has 2 rings (SSSR count). The van der Waals surface area contributed by atoms with E-state index in [-0.39, 0.29) is 17.3 Å². The van der Waals surface area contributed by atoms with E-state index in [1.807, 2.05) is 0 Å². The average molecular weight is 230 g/mol. The van der Waals surface area contributed by atoms with E-state index in [2.05, 4.69) is 15.2 Å². The van der Waals surface area contributed by atoms with Crippen molar-refractivity contribution in [3.63, 3.8) is 0 Å². The molecule has 0 aliphatic heterocycles. The highest BCUT2D eigenvalue weighted by Gasteiger charge is 2.14. The van der Waals surface area contributed by atoms with E-state index in [0.29, 0.717) is 11.4 Å². The van der Waals surface area contributed by atoms with Crippen molar-refractivity contribution in [1.29, 1.82) is 0 Å². The third kappa shape index (κ3) is 2.20. The second-order valence-corrected chi connectivity index (χ2v) is 3.23. The number of hydrogen-bond acceptors (Lipinski definition) is 6. The molecule has 6 heteroatoms. The Morgan fingerprint density at radius 2 is 2.12 bits per heavy atom. The van der Waals surface area contributed by atoms with E-state index >= 15 is 0 Å². The third-order valence-corrected chi connectivity index (χ3v) is 2.17. The predicted octanol–water partition coefficient (Wildman–Crippen LogP) is 0.693. The minimum Gasteiger partial charge on any atom is -0.480 e. The first-order valence-electron chi connectivity index (χ1n) is 4.85. The molecule has 2 N–H and O–H groups in total. The number of methoxy groups -OCH3 is 1. The Morgan fingerprint density at radius 1 is 1.29 bits per heavy atom. The van der Waals surface area contributed by atoms with Gasteiger partial charge in [0.15, 0.2) is 0 Å². The molecule has 0 bridgehead atoms. The summed E-state index contributed by atoms with van der Waals surface area (Å²) < 4.78 is 4.86. The van der Waals surface area contributed by atoms with Gasteiger partial charge in [-0.05, 0) is 18.2 Å². The number of nitrogen functional groups attached to an aromatic ring is 1. The molecule has 0 amide bonds. The van der Waals surface area contributed by atoms with Crippen molar-refractivity contribution in [3.05, 3.63) is 41.7 Å². The first-order chi connectivity index (χ1) is 8.22. The highest BCUT2D eigenvalue weighted by molar-refractivity contribution is 6.10. The highest BCUT2D eigenvalue weighted by Crippen LogP contribution is 2.13. The third-order valence-electron chi connectivity index (χ3n) is 2.17. The summed E-state index contributed by atoms with van der Waals surface area (Å²) in [5, 5.41) is 7.48. The highest BCUT2D eigenvalue weighted by atomic mass is 16.5. The quantitative estimate of drug-likeness (QED) is 0.780. The van der Waals surface area contributed by atoms with Crippen LogP contribution in [0.15, 0.2) is 30.5 Å². The van der Waals surface area contributed by atoms with Crippen LogP contribution in [0.3, 0.4) is 0 Å². The Morgan fingerprint density at radius 3 is 2.71 bits per heavy atom. The van der Waals surface area contributed by atoms with Gasteiger partial charge in [0.1, 0.15) is 11.5 Å². The topological polar surface area (TPSA) is 91.0 Å². The zero-order valence-corrected chi connectivity index (χ0v) is 9.12. The summed E-state index contributed by atoms with van der Waals surface area (Å²) >= 11 is 0. The van der Waals surface area contributed by atoms with Crippen molar-refractivity contribution < 1.29 is 9.53 Å². The molecule has 2 aromatic heterocycles. The molecule has 0 aliphatic carbocycles. The van der Waals surface area contributed by atoms with Gasteiger partial charge >= 0.3 is 0 Å². The van der Waals surface area contributed by atoms with Crippen molar-refractivity contribution >= 4 is 11.6 Å². The van der Waals surface area contributed by atoms with Crippen molar-refractivity contribution in [2.45, 2.75) is 0 Å². The Labute approximate surface area is 97.5 Å². The minimum atomic E-state index is -0.314. The lowest BCUT2D eigenvalue weighted by Crippen LogP contribution is -2.09. The predicted molar refractivity (Wildman–Crippen MR) is 60.7 cm³/mol. The monoisotopic (exact) mass is 230 g/mol. The van der Waals surface area contributed by atoms with Crippen LogP contribution in [-0.4, -0.2) is 28.1 Å². The fourth-order valence-electron chi connectivity index (χ4n) is 1.30. The van der Waals surface area contributed by atoms with Gasteiger partial charge in [-0.25, -0.2) is 4.98 Å². The molecule has 0 atom stereocenters. The molecule has 2 heterocycles. The Balaban J connectivity index is 2.34. The number of nitrogens with zero attached hydrogens (tertiary/aromatic N) is 3. The van der Waals surface area contributed by atoms with E-state index in [9.17, 15) is 4.79 Å². The SMILES string of the molecule is COc1ccc(C(=O)c2cccnc2N)nn1. The van der Waals surface area contributed by atoms with E-state index in [4.69, 9.17) is 10.5 Å². The molecule has 2 aromatic rings. The van der Waals surface area contributed by atoms with E-state index in [1.54, 1.807) is 18.2 Å². The maximum absolute atomic E-state index is 12.0. The molecule has 17 heavy (non-hydrogen) atoms. The fourth-order valence-corrected chi connectivity index (χ4v) is 1.30. The van der Waals surface area contributed by atoms with Crippen molar-refractivity contribution in [1.82, 2.24) is 15.2 Å². The number of ketones is 1. The van der Waals surface area contributed by atoms with Crippen molar-refractivity contribution in [3.8, 4) is 5.88 Å². The number of carbonyl (C=O) groups is 1. The van der Waals surface area contributed by atoms with Crippen molar-refractivity contribution in [2.75, 3.05) is 12.8 Å². The number of rotatable bonds is 3. The number of pyridine rings is 1. The normalized spacial score (nSPS) is 9.94. The van der Waals surface area contributed by atoms with Gasteiger partial charge in [-0.15, -0.1) is 10.2 Å². The van der Waals surface area contributed by atoms with Crippen LogP contribution in [0.2, 0.25) is 0 Å². The molecule has 86 valence electrons. The van der Waals surface area contributed by atoms with Gasteiger partial charge in [-0.2, -0.15) is 0 Å². The van der Waals surface area contributed by atoms with Crippen molar-refractivity contribution in [2.24, 2.45) is 0 Å². The first-order valence-corrected chi connectivity index (χ1v) is 4.85. The molecule has 6 nitrogen and oxygen atoms in total. The number of nitrogens with two attached hydrogens (primary N) is 1. The summed E-state index contributed by atoms with van der Waals surface area (Å²) in [4.78, 5) is 15.8. The average Bonchev–Trinajstić information content (AvgIpc) is 2.39. The lowest BCUT2D eigenvalue weighted by atomic mass is 10.1. The van der Waals surface area contributed by atoms with E-state index in [1.165, 1.54) is 19.4 Å². The molecule has 0 spiro atoms. The van der Waals surface area contributed by atoms with Gasteiger partial charge in [0.25, 0.3) is 0 Å². The Kier molecular flexibility index (Phi) is 2.95. The number of anilines is 1. The van der Waals surface area contributed by atoms with Gasteiger partial charge in [0.2, 0.25) is 11.7 Å². The molecule has 0 aromatic carbocycles. The van der Waals surface area contributed by atoms with E-state index in [0.717, 1.165) is 0 Å². The van der Waals surface area contributed by atoms with Crippen LogP contribution in [0, 0.1) is 0 Å². The summed E-state index contributed by atoms with van der Waals surface area (Å²) in [6.07, 6.45) is 1.52. The van der Waals surface area contributed by atoms with Crippen LogP contribution in [0.1, 0.15) is 16.1 Å². The van der Waals surface area contributed by atoms with Crippen LogP contribution >= 0.6 is 0 Å². The zero-order chi connectivity index (χ0) is 12.3. The number of ether oxygens (including phenoxy) is 1. The summed E-state index contributed by atoms with van der Waals surface area (Å²) in [6.45, 7) is 0. The molecule has 0 radical (unpaired) electrons. The summed E-state index contributed by atoms with van der Waals surface area (Å²) in [5.41, 5.74) is 6.12. The molecule has 0 saturated heterocycles. The Bertz CT molecular complexity index is 539. The fraction of sp³-hybridized carbons (Fsp3) is 0.0909. The lowest BCUT2D eigenvalue weighted by Gasteiger charge is -2.02. The number of hydrogen-bond donors (Lipinski definition) is 1. The summed E-state index contributed by atoms with van der Waals surface area (Å²) in [5.74, 6) is 0.210. The molecular weight excluding hydrogens is 220 g/mol. The minimum absolute atomic E-state index is 0.176. The maximum atomic E-state index is 12.0. The van der Waals surface area contributed by atoms with Gasteiger partial charge in [-0.1, -0.05) is 0 Å². The molecular formula is C11H10N4O2. The van der Waals surface area contributed by atoms with E-state index < -0.39 is 0 Å². The smallest absolute Gasteiger partial charge is 0.233 e. The van der Waals surface area contributed by atoms with Gasteiger partial charge in [0, 0.05) is 12.3 Å². The van der Waals surface area contributed by atoms with Crippen LogP contribution in [0.4, 0.5) is 5.82 Å². The molecule has 0 aliphatic rings. The first kappa shape index (κ1) is 11.0. The van der Waals surface area contributed by atoms with Gasteiger partial charge in [-0.3, -0.25) is 4.79 Å². The maximum Gasteiger partial charge on any atom is 0.233 e. The lowest BCUT2D eigenvalue weighted by molar-refractivity contribution is 0.103. The number of carbonyl (C=O) groups excluding carboxylic acids is 1. The van der Waals surface area contributed by atoms with Gasteiger partial charge in [0.05, 0.1) is 12.7 Å². The van der Waals surface area contributed by atoms with Crippen LogP contribution in [-0.2, 0) is 0 Å². The second-order valence-electron chi connectivity index (χ2n) is 3.23. The zero-order valence-electron chi connectivity index (χ0n) is 9.12. The Hall–Kier alpha value is -2.50. The second kappa shape index (κ2) is 4.56. The largest absolute Gasteiger partial charge is 0.480 e. The van der Waals surface area contributed by atoms with Gasteiger partial charge < -0.3 is 10.5 Å². The molecule has 0 saturated carbocycles. The molecule has 0 unspecified atom stereocenters. The van der Waals surface area contributed by atoms with Crippen LogP contribution < -0.4 is 10.5 Å². The summed E-state index contributed by atoms with van der Waals surface area (Å²) in [6, 6.07) is 6.32.